The van der Waals surface area contributed by atoms with Crippen molar-refractivity contribution in [3.8, 4) is 0 Å². The van der Waals surface area contributed by atoms with E-state index in [4.69, 9.17) is 10.8 Å². The fraction of sp³-hybridized carbons (Fsp3) is 0.857. The van der Waals surface area contributed by atoms with Crippen LogP contribution in [0.3, 0.4) is 0 Å². The van der Waals surface area contributed by atoms with Crippen molar-refractivity contribution in [3.63, 3.8) is 0 Å². The molecule has 2 atom stereocenters. The normalized spacial score (nSPS) is 19.3. The lowest BCUT2D eigenvalue weighted by atomic mass is 10.1. The standard InChI is InChI=1S/C14H27N3O3/c1-11(10-17-7-3-2-4-8-17)9-16-14(20)12(15)5-6-13(18)19/h11-12H,2-10,15H2,1H3,(H,16,20)(H,18,19). The Hall–Kier alpha value is -1.14. The van der Waals surface area contributed by atoms with E-state index in [1.807, 2.05) is 0 Å². The first-order valence-corrected chi connectivity index (χ1v) is 7.46. The molecule has 6 nitrogen and oxygen atoms in total. The van der Waals surface area contributed by atoms with Gasteiger partial charge in [0, 0.05) is 19.5 Å². The quantitative estimate of drug-likeness (QED) is 0.600. The second kappa shape index (κ2) is 8.92. The second-order valence-corrected chi connectivity index (χ2v) is 5.75. The van der Waals surface area contributed by atoms with E-state index in [1.54, 1.807) is 0 Å². The van der Waals surface area contributed by atoms with Gasteiger partial charge in [-0.25, -0.2) is 0 Å². The molecular weight excluding hydrogens is 258 g/mol. The van der Waals surface area contributed by atoms with Gasteiger partial charge in [0.1, 0.15) is 0 Å². The third-order valence-corrected chi connectivity index (χ3v) is 3.65. The average Bonchev–Trinajstić information content (AvgIpc) is 2.43. The molecule has 1 amide bonds. The summed E-state index contributed by atoms with van der Waals surface area (Å²) in [7, 11) is 0. The van der Waals surface area contributed by atoms with Crippen LogP contribution < -0.4 is 11.1 Å². The van der Waals surface area contributed by atoms with Gasteiger partial charge in [-0.1, -0.05) is 13.3 Å². The summed E-state index contributed by atoms with van der Waals surface area (Å²) in [5, 5.41) is 11.4. The molecule has 1 aliphatic rings. The number of piperidine rings is 1. The fourth-order valence-electron chi connectivity index (χ4n) is 2.46. The molecule has 1 heterocycles. The number of rotatable bonds is 8. The maximum Gasteiger partial charge on any atom is 0.303 e. The summed E-state index contributed by atoms with van der Waals surface area (Å²) in [6.07, 6.45) is 3.96. The summed E-state index contributed by atoms with van der Waals surface area (Å²) in [4.78, 5) is 24.6. The minimum Gasteiger partial charge on any atom is -0.481 e. The monoisotopic (exact) mass is 285 g/mol. The van der Waals surface area contributed by atoms with E-state index < -0.39 is 12.0 Å². The summed E-state index contributed by atoms with van der Waals surface area (Å²) in [5.74, 6) is -0.799. The number of carboxylic acids is 1. The maximum absolute atomic E-state index is 11.7. The number of nitrogens with one attached hydrogen (secondary N) is 1. The number of nitrogens with two attached hydrogens (primary N) is 1. The number of likely N-dealkylation sites (tertiary alicyclic amines) is 1. The first-order valence-electron chi connectivity index (χ1n) is 7.46. The van der Waals surface area contributed by atoms with Crippen LogP contribution in [0, 0.1) is 5.92 Å². The summed E-state index contributed by atoms with van der Waals surface area (Å²) in [5.41, 5.74) is 5.65. The first kappa shape index (κ1) is 16.9. The molecule has 0 aromatic heterocycles. The van der Waals surface area contributed by atoms with Gasteiger partial charge < -0.3 is 21.1 Å². The Bertz CT molecular complexity index is 317. The van der Waals surface area contributed by atoms with E-state index in [2.05, 4.69) is 17.1 Å². The lowest BCUT2D eigenvalue weighted by molar-refractivity contribution is -0.137. The molecule has 1 rings (SSSR count). The number of carbonyl (C=O) groups is 2. The molecule has 0 saturated carbocycles. The molecule has 0 aromatic carbocycles. The highest BCUT2D eigenvalue weighted by Crippen LogP contribution is 2.10. The fourth-order valence-corrected chi connectivity index (χ4v) is 2.46. The lowest BCUT2D eigenvalue weighted by Gasteiger charge is -2.29. The lowest BCUT2D eigenvalue weighted by Crippen LogP contribution is -2.44. The predicted octanol–water partition coefficient (Wildman–Crippen LogP) is 0.417. The van der Waals surface area contributed by atoms with Crippen LogP contribution in [0.1, 0.15) is 39.0 Å². The molecule has 1 fully saturated rings. The highest BCUT2D eigenvalue weighted by Gasteiger charge is 2.17. The number of hydrogen-bond acceptors (Lipinski definition) is 4. The zero-order valence-electron chi connectivity index (χ0n) is 12.3. The Kier molecular flexibility index (Phi) is 7.54. The van der Waals surface area contributed by atoms with E-state index in [9.17, 15) is 9.59 Å². The molecule has 6 heteroatoms. The third kappa shape index (κ3) is 6.86. The Labute approximate surface area is 120 Å². The van der Waals surface area contributed by atoms with Crippen molar-refractivity contribution in [2.75, 3.05) is 26.2 Å². The molecule has 0 spiro atoms. The number of carboxylic acid groups (broad SMARTS) is 1. The van der Waals surface area contributed by atoms with E-state index in [0.717, 1.165) is 19.6 Å². The number of amides is 1. The number of nitrogens with zero attached hydrogens (tertiary/aromatic N) is 1. The number of hydrogen-bond donors (Lipinski definition) is 3. The van der Waals surface area contributed by atoms with Gasteiger partial charge in [-0.15, -0.1) is 0 Å². The zero-order valence-corrected chi connectivity index (χ0v) is 12.3. The first-order chi connectivity index (χ1) is 9.49. The molecule has 2 unspecified atom stereocenters. The number of aliphatic carboxylic acids is 1. The van der Waals surface area contributed by atoms with Crippen molar-refractivity contribution in [2.24, 2.45) is 11.7 Å². The van der Waals surface area contributed by atoms with Crippen molar-refractivity contribution in [1.82, 2.24) is 10.2 Å². The van der Waals surface area contributed by atoms with Gasteiger partial charge in [-0.05, 0) is 38.3 Å². The maximum atomic E-state index is 11.7. The SMILES string of the molecule is CC(CNC(=O)C(N)CCC(=O)O)CN1CCCCC1. The smallest absolute Gasteiger partial charge is 0.303 e. The van der Waals surface area contributed by atoms with E-state index in [1.165, 1.54) is 19.3 Å². The Balaban J connectivity index is 2.16. The molecule has 20 heavy (non-hydrogen) atoms. The predicted molar refractivity (Wildman–Crippen MR) is 77.3 cm³/mol. The molecule has 0 bridgehead atoms. The zero-order chi connectivity index (χ0) is 15.0. The molecule has 0 aliphatic carbocycles. The van der Waals surface area contributed by atoms with Crippen LogP contribution >= 0.6 is 0 Å². The van der Waals surface area contributed by atoms with Crippen molar-refractivity contribution in [2.45, 2.75) is 45.1 Å². The van der Waals surface area contributed by atoms with Gasteiger partial charge in [0.25, 0.3) is 0 Å². The molecule has 0 aromatic rings. The molecule has 0 radical (unpaired) electrons. The van der Waals surface area contributed by atoms with Gasteiger partial charge in [-0.3, -0.25) is 9.59 Å². The summed E-state index contributed by atoms with van der Waals surface area (Å²) >= 11 is 0. The topological polar surface area (TPSA) is 95.7 Å². The summed E-state index contributed by atoms with van der Waals surface area (Å²) in [6, 6.07) is -0.728. The van der Waals surface area contributed by atoms with Crippen LogP contribution in [-0.2, 0) is 9.59 Å². The Morgan fingerprint density at radius 2 is 1.95 bits per heavy atom. The van der Waals surface area contributed by atoms with Crippen molar-refractivity contribution < 1.29 is 14.7 Å². The molecule has 1 saturated heterocycles. The second-order valence-electron chi connectivity index (χ2n) is 5.75. The van der Waals surface area contributed by atoms with Gasteiger partial charge in [0.15, 0.2) is 0 Å². The summed E-state index contributed by atoms with van der Waals surface area (Å²) < 4.78 is 0. The molecule has 116 valence electrons. The van der Waals surface area contributed by atoms with Gasteiger partial charge >= 0.3 is 5.97 Å². The van der Waals surface area contributed by atoms with Crippen molar-refractivity contribution >= 4 is 11.9 Å². The van der Waals surface area contributed by atoms with Gasteiger partial charge in [-0.2, -0.15) is 0 Å². The highest BCUT2D eigenvalue weighted by molar-refractivity contribution is 5.82. The minimum atomic E-state index is -0.924. The Morgan fingerprint density at radius 1 is 1.30 bits per heavy atom. The molecular formula is C14H27N3O3. The molecule has 1 aliphatic heterocycles. The third-order valence-electron chi connectivity index (χ3n) is 3.65. The van der Waals surface area contributed by atoms with Gasteiger partial charge in [0.2, 0.25) is 5.91 Å². The van der Waals surface area contributed by atoms with Crippen LogP contribution in [0.2, 0.25) is 0 Å². The Morgan fingerprint density at radius 3 is 2.55 bits per heavy atom. The highest BCUT2D eigenvalue weighted by atomic mass is 16.4. The van der Waals surface area contributed by atoms with Crippen LogP contribution in [-0.4, -0.2) is 54.1 Å². The van der Waals surface area contributed by atoms with Gasteiger partial charge in [0.05, 0.1) is 6.04 Å². The number of carbonyl (C=O) groups excluding carboxylic acids is 1. The van der Waals surface area contributed by atoms with Crippen LogP contribution in [0.25, 0.3) is 0 Å². The largest absolute Gasteiger partial charge is 0.481 e. The van der Waals surface area contributed by atoms with E-state index >= 15 is 0 Å². The van der Waals surface area contributed by atoms with Crippen LogP contribution in [0.4, 0.5) is 0 Å². The van der Waals surface area contributed by atoms with Crippen LogP contribution in [0.15, 0.2) is 0 Å². The summed E-state index contributed by atoms with van der Waals surface area (Å²) in [6.45, 7) is 5.99. The van der Waals surface area contributed by atoms with Crippen molar-refractivity contribution in [3.05, 3.63) is 0 Å². The molecule has 4 N–H and O–H groups in total. The van der Waals surface area contributed by atoms with Crippen LogP contribution in [0.5, 0.6) is 0 Å². The van der Waals surface area contributed by atoms with E-state index in [-0.39, 0.29) is 18.7 Å². The van der Waals surface area contributed by atoms with Crippen molar-refractivity contribution in [1.29, 1.82) is 0 Å². The average molecular weight is 285 g/mol. The van der Waals surface area contributed by atoms with E-state index in [0.29, 0.717) is 12.5 Å². The minimum absolute atomic E-state index is 0.0715.